The molecule has 3 aliphatic rings. The molecular formula is C50H30N2S. The Hall–Kier alpha value is -6.42. The van der Waals surface area contributed by atoms with E-state index in [0.717, 1.165) is 0 Å². The van der Waals surface area contributed by atoms with E-state index in [4.69, 9.17) is 0 Å². The average Bonchev–Trinajstić information content (AvgIpc) is 3.88. The van der Waals surface area contributed by atoms with Crippen molar-refractivity contribution < 1.29 is 0 Å². The molecule has 0 aliphatic heterocycles. The lowest BCUT2D eigenvalue weighted by Gasteiger charge is -2.42. The van der Waals surface area contributed by atoms with Crippen molar-refractivity contribution in [1.29, 1.82) is 0 Å². The number of aromatic nitrogens is 2. The molecule has 0 amide bonds. The zero-order valence-electron chi connectivity index (χ0n) is 28.6. The second-order valence-corrected chi connectivity index (χ2v) is 15.9. The molecule has 3 aliphatic carbocycles. The molecule has 3 aromatic heterocycles. The molecule has 0 saturated heterocycles. The first-order valence-electron chi connectivity index (χ1n) is 18.5. The first-order chi connectivity index (χ1) is 26.3. The van der Waals surface area contributed by atoms with E-state index >= 15 is 0 Å². The monoisotopic (exact) mass is 690 g/mol. The molecule has 3 heterocycles. The maximum absolute atomic E-state index is 2.51. The van der Waals surface area contributed by atoms with E-state index in [-0.39, 0.29) is 11.8 Å². The van der Waals surface area contributed by atoms with Gasteiger partial charge in [0.2, 0.25) is 0 Å². The summed E-state index contributed by atoms with van der Waals surface area (Å²) in [6.07, 6.45) is 0. The minimum absolute atomic E-state index is 0.212. The molecule has 0 atom stereocenters. The van der Waals surface area contributed by atoms with Crippen LogP contribution < -0.4 is 0 Å². The third-order valence-corrected chi connectivity index (χ3v) is 13.4. The van der Waals surface area contributed by atoms with E-state index in [9.17, 15) is 0 Å². The minimum atomic E-state index is 0.212. The van der Waals surface area contributed by atoms with E-state index in [0.29, 0.717) is 0 Å². The molecule has 0 N–H and O–H groups in total. The van der Waals surface area contributed by atoms with Gasteiger partial charge in [0.15, 0.2) is 0 Å². The molecule has 0 fully saturated rings. The van der Waals surface area contributed by atoms with Gasteiger partial charge in [-0.1, -0.05) is 109 Å². The molecule has 0 unspecified atom stereocenters. The zero-order chi connectivity index (χ0) is 34.4. The number of thiophene rings is 1. The van der Waals surface area contributed by atoms with Gasteiger partial charge in [-0.2, -0.15) is 0 Å². The highest BCUT2D eigenvalue weighted by Crippen LogP contribution is 2.58. The number of hydrogen-bond acceptors (Lipinski definition) is 1. The Labute approximate surface area is 309 Å². The summed E-state index contributed by atoms with van der Waals surface area (Å²) < 4.78 is 7.63. The van der Waals surface area contributed by atoms with Crippen LogP contribution in [-0.4, -0.2) is 9.13 Å². The van der Waals surface area contributed by atoms with Crippen molar-refractivity contribution in [3.8, 4) is 11.4 Å². The van der Waals surface area contributed by atoms with Gasteiger partial charge in [-0.25, -0.2) is 0 Å². The number of hydrogen-bond donors (Lipinski definition) is 0. The molecule has 2 nitrogen and oxygen atoms in total. The molecule has 2 bridgehead atoms. The van der Waals surface area contributed by atoms with Gasteiger partial charge in [0.1, 0.15) is 0 Å². The van der Waals surface area contributed by atoms with Crippen molar-refractivity contribution in [2.45, 2.75) is 11.8 Å². The van der Waals surface area contributed by atoms with Crippen molar-refractivity contribution in [1.82, 2.24) is 9.13 Å². The Morgan fingerprint density at radius 1 is 0.340 bits per heavy atom. The summed E-state index contributed by atoms with van der Waals surface area (Å²) in [6.45, 7) is 0. The molecule has 0 saturated carbocycles. The predicted molar refractivity (Wildman–Crippen MR) is 223 cm³/mol. The number of fused-ring (bicyclic) bond motifs is 9. The normalized spacial score (nSPS) is 15.9. The van der Waals surface area contributed by atoms with Crippen LogP contribution in [-0.2, 0) is 0 Å². The van der Waals surface area contributed by atoms with E-state index in [1.807, 2.05) is 11.3 Å². The SMILES string of the molecule is c1ccc2c(c1)C1c3ccccc3C2c2c1ccc1c2c2ccccc2n1-c1ccc2c(c1)c1ccccc1n2-c1ccc2sc3ccccc3c2c1. The van der Waals surface area contributed by atoms with Crippen molar-refractivity contribution >= 4 is 75.1 Å². The van der Waals surface area contributed by atoms with Crippen LogP contribution >= 0.6 is 11.3 Å². The molecule has 0 spiro atoms. The molecule has 3 heteroatoms. The van der Waals surface area contributed by atoms with Gasteiger partial charge < -0.3 is 9.13 Å². The lowest BCUT2D eigenvalue weighted by Crippen LogP contribution is -2.27. The van der Waals surface area contributed by atoms with Gasteiger partial charge in [-0.15, -0.1) is 11.3 Å². The average molecular weight is 691 g/mol. The molecule has 53 heavy (non-hydrogen) atoms. The third kappa shape index (κ3) is 3.58. The van der Waals surface area contributed by atoms with Crippen molar-refractivity contribution in [3.05, 3.63) is 203 Å². The molecule has 11 aromatic rings. The van der Waals surface area contributed by atoms with E-state index in [1.54, 1.807) is 0 Å². The summed E-state index contributed by atoms with van der Waals surface area (Å²) in [5.41, 5.74) is 16.1. The van der Waals surface area contributed by atoms with Crippen LogP contribution in [0.2, 0.25) is 0 Å². The quantitative estimate of drug-likeness (QED) is 0.171. The molecular weight excluding hydrogens is 661 g/mol. The van der Waals surface area contributed by atoms with Crippen LogP contribution in [0.3, 0.4) is 0 Å². The van der Waals surface area contributed by atoms with E-state index < -0.39 is 0 Å². The summed E-state index contributed by atoms with van der Waals surface area (Å²) in [4.78, 5) is 0. The highest BCUT2D eigenvalue weighted by Gasteiger charge is 2.42. The fourth-order valence-corrected chi connectivity index (χ4v) is 11.3. The summed E-state index contributed by atoms with van der Waals surface area (Å²) in [7, 11) is 0. The second-order valence-electron chi connectivity index (χ2n) is 14.8. The zero-order valence-corrected chi connectivity index (χ0v) is 29.4. The fourth-order valence-electron chi connectivity index (χ4n) is 10.2. The molecule has 8 aromatic carbocycles. The van der Waals surface area contributed by atoms with Gasteiger partial charge in [-0.3, -0.25) is 0 Å². The van der Waals surface area contributed by atoms with Crippen LogP contribution in [0.4, 0.5) is 0 Å². The predicted octanol–water partition coefficient (Wildman–Crippen LogP) is 13.2. The topological polar surface area (TPSA) is 9.86 Å². The van der Waals surface area contributed by atoms with Crippen LogP contribution in [0, 0.1) is 0 Å². The first kappa shape index (κ1) is 28.2. The number of para-hydroxylation sites is 2. The Bertz CT molecular complexity index is 3320. The van der Waals surface area contributed by atoms with E-state index in [2.05, 4.69) is 179 Å². The Kier molecular flexibility index (Phi) is 5.39. The molecule has 246 valence electrons. The lowest BCUT2D eigenvalue weighted by atomic mass is 9.60. The van der Waals surface area contributed by atoms with Crippen LogP contribution in [0.5, 0.6) is 0 Å². The van der Waals surface area contributed by atoms with Crippen LogP contribution in [0.1, 0.15) is 45.2 Å². The third-order valence-electron chi connectivity index (χ3n) is 12.3. The Morgan fingerprint density at radius 2 is 0.849 bits per heavy atom. The lowest BCUT2D eigenvalue weighted by molar-refractivity contribution is 0.761. The minimum Gasteiger partial charge on any atom is -0.309 e. The molecule has 0 radical (unpaired) electrons. The Morgan fingerprint density at radius 3 is 1.60 bits per heavy atom. The van der Waals surface area contributed by atoms with Gasteiger partial charge in [0.05, 0.1) is 22.1 Å². The van der Waals surface area contributed by atoms with Crippen LogP contribution in [0.15, 0.2) is 170 Å². The van der Waals surface area contributed by atoms with Gasteiger partial charge in [-0.05, 0) is 94.0 Å². The maximum atomic E-state index is 2.51. The summed E-state index contributed by atoms with van der Waals surface area (Å²) in [5, 5.41) is 7.88. The van der Waals surface area contributed by atoms with Crippen molar-refractivity contribution in [2.75, 3.05) is 0 Å². The molecule has 14 rings (SSSR count). The largest absolute Gasteiger partial charge is 0.309 e. The number of rotatable bonds is 2. The van der Waals surface area contributed by atoms with Crippen LogP contribution in [0.25, 0.3) is 75.2 Å². The smallest absolute Gasteiger partial charge is 0.0544 e. The van der Waals surface area contributed by atoms with Crippen molar-refractivity contribution in [2.24, 2.45) is 0 Å². The van der Waals surface area contributed by atoms with Gasteiger partial charge in [0, 0.05) is 64.9 Å². The number of benzene rings is 8. The Balaban J connectivity index is 1.07. The first-order valence-corrected chi connectivity index (χ1v) is 19.3. The highest BCUT2D eigenvalue weighted by molar-refractivity contribution is 7.25. The number of nitrogens with zero attached hydrogens (tertiary/aromatic N) is 2. The van der Waals surface area contributed by atoms with Crippen molar-refractivity contribution in [3.63, 3.8) is 0 Å². The summed E-state index contributed by atoms with van der Waals surface area (Å²) >= 11 is 1.87. The highest BCUT2D eigenvalue weighted by atomic mass is 32.1. The summed E-state index contributed by atoms with van der Waals surface area (Å²) in [5.74, 6) is 0.464. The fraction of sp³-hybridized carbons (Fsp3) is 0.0400. The van der Waals surface area contributed by atoms with Gasteiger partial charge in [0.25, 0.3) is 0 Å². The second kappa shape index (κ2) is 10.1. The van der Waals surface area contributed by atoms with E-state index in [1.165, 1.54) is 109 Å². The maximum Gasteiger partial charge on any atom is 0.0544 e. The summed E-state index contributed by atoms with van der Waals surface area (Å²) in [6, 6.07) is 63.9. The van der Waals surface area contributed by atoms with Gasteiger partial charge >= 0.3 is 0 Å². The standard InChI is InChI=1S/C50H30N2S/c1-3-15-35-33(13-1)47-34-14-2-4-16-36(34)48(35)50-38(47)23-25-44-49(50)37-17-6-9-19-42(37)52(44)29-21-24-43-39(27-29)31-11-5-8-18-41(31)51(43)30-22-26-46-40(28-30)32-12-7-10-20-45(32)53-46/h1-28,47-48H.